The highest BCUT2D eigenvalue weighted by atomic mass is 79.9. The summed E-state index contributed by atoms with van der Waals surface area (Å²) in [7, 11) is 0. The van der Waals surface area contributed by atoms with E-state index in [1.807, 2.05) is 0 Å². The first-order valence-corrected chi connectivity index (χ1v) is 9.68. The summed E-state index contributed by atoms with van der Waals surface area (Å²) in [5, 5.41) is 20.5. The molecule has 1 aromatic carbocycles. The molecule has 0 saturated carbocycles. The van der Waals surface area contributed by atoms with Gasteiger partial charge in [0.25, 0.3) is 5.56 Å². The molecule has 28 heavy (non-hydrogen) atoms. The number of halogens is 2. The van der Waals surface area contributed by atoms with Gasteiger partial charge in [0.1, 0.15) is 5.82 Å². The van der Waals surface area contributed by atoms with Crippen LogP contribution in [0.2, 0.25) is 0 Å². The molecule has 8 heteroatoms. The Labute approximate surface area is 170 Å². The normalized spacial score (nSPS) is 21.5. The quantitative estimate of drug-likeness (QED) is 0.745. The van der Waals surface area contributed by atoms with Crippen molar-refractivity contribution >= 4 is 22.0 Å². The van der Waals surface area contributed by atoms with Crippen LogP contribution < -0.4 is 5.56 Å². The molecule has 1 saturated heterocycles. The van der Waals surface area contributed by atoms with E-state index in [9.17, 15) is 24.2 Å². The van der Waals surface area contributed by atoms with Gasteiger partial charge in [-0.2, -0.15) is 0 Å². The third-order valence-electron chi connectivity index (χ3n) is 5.59. The smallest absolute Gasteiger partial charge is 0.407 e. The monoisotopic (exact) mass is 452 g/mol. The van der Waals surface area contributed by atoms with Gasteiger partial charge in [0.15, 0.2) is 0 Å². The lowest BCUT2D eigenvalue weighted by atomic mass is 9.70. The first-order chi connectivity index (χ1) is 13.0. The van der Waals surface area contributed by atoms with Crippen LogP contribution in [-0.4, -0.2) is 44.5 Å². The van der Waals surface area contributed by atoms with E-state index in [1.165, 1.54) is 21.6 Å². The Bertz CT molecular complexity index is 975. The Morgan fingerprint density at radius 3 is 2.57 bits per heavy atom. The minimum Gasteiger partial charge on any atom is -0.465 e. The number of likely N-dealkylation sites (tertiary alicyclic amines) is 1. The fourth-order valence-corrected chi connectivity index (χ4v) is 4.23. The maximum atomic E-state index is 14.1. The standard InChI is InChI=1S/C20H22BrFN2O4/c1-19(2)11-23(18(26)27)8-7-20(19,28)12-24-10-15(21)14(9-17(24)25)13-5-3-4-6-16(13)22/h3-6,9-10,28H,7-8,11-12H2,1-2H3,(H,26,27). The van der Waals surface area contributed by atoms with Crippen molar-refractivity contribution in [2.45, 2.75) is 32.4 Å². The SMILES string of the molecule is CC1(C)CN(C(=O)O)CCC1(O)Cn1cc(Br)c(-c2ccccc2F)cc1=O. The van der Waals surface area contributed by atoms with Crippen LogP contribution in [0.4, 0.5) is 9.18 Å². The number of aliphatic hydroxyl groups is 1. The maximum Gasteiger partial charge on any atom is 0.407 e. The zero-order chi connectivity index (χ0) is 20.7. The fraction of sp³-hybridized carbons (Fsp3) is 0.400. The van der Waals surface area contributed by atoms with E-state index in [0.29, 0.717) is 15.6 Å². The zero-order valence-corrected chi connectivity index (χ0v) is 17.2. The second-order valence-electron chi connectivity index (χ2n) is 7.85. The average molecular weight is 453 g/mol. The van der Waals surface area contributed by atoms with Gasteiger partial charge in [-0.25, -0.2) is 9.18 Å². The number of carboxylic acid groups (broad SMARTS) is 1. The lowest BCUT2D eigenvalue weighted by Gasteiger charge is -2.49. The van der Waals surface area contributed by atoms with Crippen LogP contribution in [0.25, 0.3) is 11.1 Å². The van der Waals surface area contributed by atoms with Crippen LogP contribution in [-0.2, 0) is 6.54 Å². The molecule has 1 fully saturated rings. The van der Waals surface area contributed by atoms with Crippen LogP contribution >= 0.6 is 15.9 Å². The highest BCUT2D eigenvalue weighted by Gasteiger charge is 2.49. The Morgan fingerprint density at radius 1 is 1.29 bits per heavy atom. The van der Waals surface area contributed by atoms with Crippen LogP contribution in [0.5, 0.6) is 0 Å². The first kappa shape index (κ1) is 20.5. The number of hydrogen-bond donors (Lipinski definition) is 2. The summed E-state index contributed by atoms with van der Waals surface area (Å²) in [6, 6.07) is 7.53. The van der Waals surface area contributed by atoms with Crippen molar-refractivity contribution in [3.05, 3.63) is 57.2 Å². The molecule has 1 amide bonds. The summed E-state index contributed by atoms with van der Waals surface area (Å²) in [4.78, 5) is 25.2. The van der Waals surface area contributed by atoms with E-state index < -0.39 is 22.9 Å². The third-order valence-corrected chi connectivity index (χ3v) is 6.22. The van der Waals surface area contributed by atoms with Gasteiger partial charge < -0.3 is 19.7 Å². The Balaban J connectivity index is 1.93. The molecule has 3 rings (SSSR count). The van der Waals surface area contributed by atoms with E-state index in [4.69, 9.17) is 0 Å². The molecule has 150 valence electrons. The average Bonchev–Trinajstić information content (AvgIpc) is 2.61. The number of amides is 1. The van der Waals surface area contributed by atoms with Crippen LogP contribution in [0.3, 0.4) is 0 Å². The summed E-state index contributed by atoms with van der Waals surface area (Å²) in [5.74, 6) is -0.429. The molecule has 0 bridgehead atoms. The molecule has 1 aliphatic rings. The molecular formula is C20H22BrFN2O4. The molecule has 2 heterocycles. The number of hydrogen-bond acceptors (Lipinski definition) is 3. The number of aromatic nitrogens is 1. The molecule has 1 aromatic heterocycles. The van der Waals surface area contributed by atoms with Crippen molar-refractivity contribution in [2.24, 2.45) is 5.41 Å². The van der Waals surface area contributed by atoms with Gasteiger partial charge in [0.2, 0.25) is 0 Å². The minimum absolute atomic E-state index is 0.0163. The number of pyridine rings is 1. The third kappa shape index (κ3) is 3.71. The molecule has 1 aliphatic heterocycles. The predicted molar refractivity (Wildman–Crippen MR) is 107 cm³/mol. The second kappa shape index (κ2) is 7.33. The Hall–Kier alpha value is -2.19. The largest absolute Gasteiger partial charge is 0.465 e. The molecule has 0 spiro atoms. The summed E-state index contributed by atoms with van der Waals surface area (Å²) in [6.07, 6.45) is 0.733. The Morgan fingerprint density at radius 2 is 1.96 bits per heavy atom. The van der Waals surface area contributed by atoms with E-state index in [0.717, 1.165) is 0 Å². The summed E-state index contributed by atoms with van der Waals surface area (Å²) in [6.45, 7) is 3.95. The Kier molecular flexibility index (Phi) is 5.38. The molecular weight excluding hydrogens is 431 g/mol. The van der Waals surface area contributed by atoms with E-state index in [1.54, 1.807) is 38.2 Å². The molecule has 0 radical (unpaired) electrons. The molecule has 6 nitrogen and oxygen atoms in total. The molecule has 0 aliphatic carbocycles. The number of carbonyl (C=O) groups is 1. The fourth-order valence-electron chi connectivity index (χ4n) is 3.65. The van der Waals surface area contributed by atoms with Gasteiger partial charge in [-0.1, -0.05) is 32.0 Å². The lowest BCUT2D eigenvalue weighted by molar-refractivity contribution is -0.123. The summed E-state index contributed by atoms with van der Waals surface area (Å²) in [5.41, 5.74) is -1.63. The number of nitrogens with zero attached hydrogens (tertiary/aromatic N) is 2. The van der Waals surface area contributed by atoms with Crippen molar-refractivity contribution in [2.75, 3.05) is 13.1 Å². The highest BCUT2D eigenvalue weighted by Crippen LogP contribution is 2.40. The second-order valence-corrected chi connectivity index (χ2v) is 8.70. The summed E-state index contributed by atoms with van der Waals surface area (Å²) >= 11 is 3.40. The van der Waals surface area contributed by atoms with Crippen molar-refractivity contribution in [1.82, 2.24) is 9.47 Å². The van der Waals surface area contributed by atoms with Gasteiger partial charge in [-0.15, -0.1) is 0 Å². The molecule has 1 unspecified atom stereocenters. The minimum atomic E-state index is -1.26. The van der Waals surface area contributed by atoms with E-state index >= 15 is 0 Å². The number of rotatable bonds is 3. The van der Waals surface area contributed by atoms with Gasteiger partial charge in [-0.05, 0) is 28.4 Å². The van der Waals surface area contributed by atoms with Crippen molar-refractivity contribution in [1.29, 1.82) is 0 Å². The lowest BCUT2D eigenvalue weighted by Crippen LogP contribution is -2.60. The van der Waals surface area contributed by atoms with Gasteiger partial charge in [-0.3, -0.25) is 4.79 Å². The molecule has 1 atom stereocenters. The van der Waals surface area contributed by atoms with Crippen LogP contribution in [0, 0.1) is 11.2 Å². The maximum absolute atomic E-state index is 14.1. The highest BCUT2D eigenvalue weighted by molar-refractivity contribution is 9.10. The summed E-state index contributed by atoms with van der Waals surface area (Å²) < 4.78 is 16.0. The van der Waals surface area contributed by atoms with Gasteiger partial charge in [0.05, 0.1) is 12.1 Å². The number of piperidine rings is 1. The molecule has 2 aromatic rings. The zero-order valence-electron chi connectivity index (χ0n) is 15.7. The van der Waals surface area contributed by atoms with Crippen LogP contribution in [0.15, 0.2) is 45.8 Å². The predicted octanol–water partition coefficient (Wildman–Crippen LogP) is 3.56. The topological polar surface area (TPSA) is 82.8 Å². The molecule has 2 N–H and O–H groups in total. The van der Waals surface area contributed by atoms with E-state index in [2.05, 4.69) is 15.9 Å². The van der Waals surface area contributed by atoms with E-state index in [-0.39, 0.29) is 31.6 Å². The first-order valence-electron chi connectivity index (χ1n) is 8.89. The van der Waals surface area contributed by atoms with Crippen molar-refractivity contribution < 1.29 is 19.4 Å². The van der Waals surface area contributed by atoms with Crippen molar-refractivity contribution in [3.8, 4) is 11.1 Å². The van der Waals surface area contributed by atoms with Gasteiger partial charge in [0, 0.05) is 46.4 Å². The number of benzene rings is 1. The van der Waals surface area contributed by atoms with Crippen LogP contribution in [0.1, 0.15) is 20.3 Å². The van der Waals surface area contributed by atoms with Gasteiger partial charge >= 0.3 is 6.09 Å². The van der Waals surface area contributed by atoms with Crippen molar-refractivity contribution in [3.63, 3.8) is 0 Å².